The minimum absolute atomic E-state index is 0.0859. The minimum atomic E-state index is -0.0859. The van der Waals surface area contributed by atoms with Crippen molar-refractivity contribution < 1.29 is 0 Å². The highest BCUT2D eigenvalue weighted by molar-refractivity contribution is 6.31. The van der Waals surface area contributed by atoms with Crippen LogP contribution in [-0.2, 0) is 0 Å². The zero-order valence-electron chi connectivity index (χ0n) is 19.4. The van der Waals surface area contributed by atoms with Crippen molar-refractivity contribution >= 4 is 33.4 Å². The first-order chi connectivity index (χ1) is 16.5. The van der Waals surface area contributed by atoms with Crippen molar-refractivity contribution in [2.75, 3.05) is 0 Å². The Hall–Kier alpha value is -3.76. The van der Waals surface area contributed by atoms with Crippen molar-refractivity contribution in [3.8, 4) is 5.69 Å². The van der Waals surface area contributed by atoms with Gasteiger partial charge in [-0.25, -0.2) is 4.68 Å². The molecule has 34 heavy (non-hydrogen) atoms. The maximum atomic E-state index is 7.18. The molecule has 0 amide bonds. The molecule has 3 aromatic heterocycles. The summed E-state index contributed by atoms with van der Waals surface area (Å²) in [5, 5.41) is 7.96. The fourth-order valence-electron chi connectivity index (χ4n) is 5.35. The van der Waals surface area contributed by atoms with E-state index in [1.807, 2.05) is 35.0 Å². The lowest BCUT2D eigenvalue weighted by Crippen LogP contribution is -2.07. The molecule has 0 spiro atoms. The Bertz CT molecular complexity index is 1570. The first kappa shape index (κ1) is 20.8. The van der Waals surface area contributed by atoms with Crippen LogP contribution in [0.4, 0.5) is 0 Å². The third kappa shape index (κ3) is 3.10. The van der Waals surface area contributed by atoms with Crippen LogP contribution in [0.1, 0.15) is 39.7 Å². The number of nitrogens with one attached hydrogen (secondary N) is 2. The highest BCUT2D eigenvalue weighted by atomic mass is 35.5. The summed E-state index contributed by atoms with van der Waals surface area (Å²) in [4.78, 5) is 7.21. The largest absolute Gasteiger partial charge is 0.358 e. The van der Waals surface area contributed by atoms with E-state index in [0.717, 1.165) is 39.4 Å². The molecule has 0 atom stereocenters. The van der Waals surface area contributed by atoms with Gasteiger partial charge in [0.05, 0.1) is 11.4 Å². The fourth-order valence-corrected chi connectivity index (χ4v) is 5.73. The molecule has 0 fully saturated rings. The van der Waals surface area contributed by atoms with Gasteiger partial charge in [-0.15, -0.1) is 0 Å². The Morgan fingerprint density at radius 3 is 1.74 bits per heavy atom. The maximum Gasteiger partial charge on any atom is 0.137 e. The smallest absolute Gasteiger partial charge is 0.137 e. The van der Waals surface area contributed by atoms with Gasteiger partial charge in [-0.3, -0.25) is 0 Å². The van der Waals surface area contributed by atoms with Crippen molar-refractivity contribution in [2.24, 2.45) is 0 Å². The van der Waals surface area contributed by atoms with E-state index in [2.05, 4.69) is 79.3 Å². The van der Waals surface area contributed by atoms with Crippen molar-refractivity contribution in [3.63, 3.8) is 0 Å². The van der Waals surface area contributed by atoms with Gasteiger partial charge < -0.3 is 9.97 Å². The molecule has 4 nitrogen and oxygen atoms in total. The summed E-state index contributed by atoms with van der Waals surface area (Å²) in [6, 6.07) is 27.1. The number of H-pyrrole nitrogens is 2. The second kappa shape index (κ2) is 7.93. The lowest BCUT2D eigenvalue weighted by Gasteiger charge is -2.20. The topological polar surface area (TPSA) is 49.4 Å². The van der Waals surface area contributed by atoms with Crippen LogP contribution in [0.5, 0.6) is 0 Å². The molecule has 3 aromatic carbocycles. The van der Waals surface area contributed by atoms with Crippen molar-refractivity contribution in [1.82, 2.24) is 19.7 Å². The quantitative estimate of drug-likeness (QED) is 0.277. The van der Waals surface area contributed by atoms with Crippen LogP contribution in [-0.4, -0.2) is 19.7 Å². The van der Waals surface area contributed by atoms with Crippen LogP contribution in [0.15, 0.2) is 78.9 Å². The van der Waals surface area contributed by atoms with Crippen LogP contribution >= 0.6 is 11.6 Å². The van der Waals surface area contributed by atoms with E-state index in [0.29, 0.717) is 5.15 Å². The van der Waals surface area contributed by atoms with Gasteiger partial charge in [-0.2, -0.15) is 5.10 Å². The molecule has 0 aliphatic carbocycles. The Balaban J connectivity index is 1.71. The number of fused-ring (bicyclic) bond motifs is 2. The molecule has 5 heteroatoms. The summed E-state index contributed by atoms with van der Waals surface area (Å²) < 4.78 is 1.85. The van der Waals surface area contributed by atoms with Crippen molar-refractivity contribution in [1.29, 1.82) is 0 Å². The first-order valence-electron chi connectivity index (χ1n) is 11.5. The molecule has 6 aromatic rings. The number of hydrogen-bond acceptors (Lipinski definition) is 1. The Kier molecular flexibility index (Phi) is 4.85. The van der Waals surface area contributed by atoms with Crippen LogP contribution in [0, 0.1) is 20.8 Å². The van der Waals surface area contributed by atoms with Gasteiger partial charge in [-0.05, 0) is 56.2 Å². The number of halogens is 1. The maximum absolute atomic E-state index is 7.18. The van der Waals surface area contributed by atoms with Crippen LogP contribution < -0.4 is 0 Å². The molecule has 0 aliphatic heterocycles. The zero-order chi connectivity index (χ0) is 23.4. The highest BCUT2D eigenvalue weighted by Gasteiger charge is 2.32. The minimum Gasteiger partial charge on any atom is -0.358 e. The van der Waals surface area contributed by atoms with E-state index < -0.39 is 0 Å². The average Bonchev–Trinajstić information content (AvgIpc) is 3.46. The molecule has 0 unspecified atom stereocenters. The zero-order valence-corrected chi connectivity index (χ0v) is 20.1. The molecule has 2 N–H and O–H groups in total. The second-order valence-corrected chi connectivity index (χ2v) is 9.25. The fraction of sp³-hybridized carbons (Fsp3) is 0.138. The van der Waals surface area contributed by atoms with Gasteiger partial charge in [0.25, 0.3) is 0 Å². The van der Waals surface area contributed by atoms with Gasteiger partial charge in [0.15, 0.2) is 0 Å². The third-order valence-corrected chi connectivity index (χ3v) is 7.17. The second-order valence-electron chi connectivity index (χ2n) is 8.89. The summed E-state index contributed by atoms with van der Waals surface area (Å²) in [5.41, 5.74) is 9.91. The number of rotatable bonds is 4. The van der Waals surface area contributed by atoms with E-state index in [9.17, 15) is 0 Å². The Labute approximate surface area is 203 Å². The van der Waals surface area contributed by atoms with E-state index in [1.165, 1.54) is 21.9 Å². The number of aryl methyl sites for hydroxylation is 3. The molecule has 3 heterocycles. The number of aromatic nitrogens is 4. The monoisotopic (exact) mass is 464 g/mol. The molecule has 0 saturated carbocycles. The number of para-hydroxylation sites is 3. The molecule has 168 valence electrons. The summed E-state index contributed by atoms with van der Waals surface area (Å²) in [7, 11) is 0. The van der Waals surface area contributed by atoms with Crippen molar-refractivity contribution in [3.05, 3.63) is 118 Å². The summed E-state index contributed by atoms with van der Waals surface area (Å²) in [6.45, 7) is 6.36. The standard InChI is InChI=1S/C29H25ClN4/c1-17-25(21-13-7-9-15-23(21)31-17)28(26-18(2)32-24-16-10-8-14-22(24)26)27-19(3)33-34(29(27)30)20-11-5-4-6-12-20/h4-16,28,31-32H,1-3H3. The third-order valence-electron chi connectivity index (χ3n) is 6.80. The average molecular weight is 465 g/mol. The lowest BCUT2D eigenvalue weighted by atomic mass is 9.82. The predicted molar refractivity (Wildman–Crippen MR) is 140 cm³/mol. The Morgan fingerprint density at radius 2 is 1.18 bits per heavy atom. The molecule has 0 bridgehead atoms. The van der Waals surface area contributed by atoms with Crippen LogP contribution in [0.25, 0.3) is 27.5 Å². The number of hydrogen-bond donors (Lipinski definition) is 2. The van der Waals surface area contributed by atoms with Crippen LogP contribution in [0.3, 0.4) is 0 Å². The molecular weight excluding hydrogens is 440 g/mol. The van der Waals surface area contributed by atoms with E-state index in [1.54, 1.807) is 0 Å². The summed E-state index contributed by atoms with van der Waals surface area (Å²) >= 11 is 7.18. The van der Waals surface area contributed by atoms with Crippen molar-refractivity contribution in [2.45, 2.75) is 26.7 Å². The molecule has 0 radical (unpaired) electrons. The number of aromatic amines is 2. The van der Waals surface area contributed by atoms with Crippen LogP contribution in [0.2, 0.25) is 5.15 Å². The number of benzene rings is 3. The molecule has 0 aliphatic rings. The van der Waals surface area contributed by atoms with E-state index in [-0.39, 0.29) is 5.92 Å². The first-order valence-corrected chi connectivity index (χ1v) is 11.9. The molecular formula is C29H25ClN4. The predicted octanol–water partition coefficient (Wildman–Crippen LogP) is 7.59. The SMILES string of the molecule is Cc1nn(-c2ccccc2)c(Cl)c1C(c1c(C)[nH]c2ccccc12)c1c(C)[nH]c2ccccc12. The normalized spacial score (nSPS) is 11.8. The summed E-state index contributed by atoms with van der Waals surface area (Å²) in [5.74, 6) is -0.0859. The van der Waals surface area contributed by atoms with Gasteiger partial charge in [0.2, 0.25) is 0 Å². The van der Waals surface area contributed by atoms with Gasteiger partial charge in [0.1, 0.15) is 5.15 Å². The highest BCUT2D eigenvalue weighted by Crippen LogP contribution is 2.46. The molecule has 0 saturated heterocycles. The van der Waals surface area contributed by atoms with E-state index in [4.69, 9.17) is 16.7 Å². The van der Waals surface area contributed by atoms with Gasteiger partial charge >= 0.3 is 0 Å². The number of nitrogens with zero attached hydrogens (tertiary/aromatic N) is 2. The summed E-state index contributed by atoms with van der Waals surface area (Å²) in [6.07, 6.45) is 0. The van der Waals surface area contributed by atoms with Gasteiger partial charge in [0, 0.05) is 44.7 Å². The molecule has 6 rings (SSSR count). The van der Waals surface area contributed by atoms with Gasteiger partial charge in [-0.1, -0.05) is 66.2 Å². The van der Waals surface area contributed by atoms with E-state index >= 15 is 0 Å². The Morgan fingerprint density at radius 1 is 0.676 bits per heavy atom. The lowest BCUT2D eigenvalue weighted by molar-refractivity contribution is 0.863.